The summed E-state index contributed by atoms with van der Waals surface area (Å²) in [7, 11) is 0. The first-order chi connectivity index (χ1) is 3.27. The molecule has 0 heterocycles. The maximum absolute atomic E-state index is 9.37. The van der Waals surface area contributed by atoms with Gasteiger partial charge in [-0.15, -0.1) is 0 Å². The number of hydrogen-bond donors (Lipinski definition) is 1. The molecule has 1 N–H and O–H groups in total. The Bertz CT molecular complexity index is 62.7. The zero-order valence-electron chi connectivity index (χ0n) is 3.53. The van der Waals surface area contributed by atoms with Crippen LogP contribution in [-0.2, 0) is 4.89 Å². The molecule has 5 heteroatoms. The summed E-state index contributed by atoms with van der Waals surface area (Å²) in [5.74, 6) is 0. The Kier molecular flexibility index (Phi) is 3.17. The molecule has 5 nitrogen and oxygen atoms in total. The summed E-state index contributed by atoms with van der Waals surface area (Å²) < 4.78 is 0. The standard InChI is InChI=1S/C2H5NO4/c4-3(5)1-2-7-6/h6H,1-2H2. The van der Waals surface area contributed by atoms with Crippen molar-refractivity contribution in [2.45, 2.75) is 0 Å². The highest BCUT2D eigenvalue weighted by Gasteiger charge is 1.92. The second-order valence-corrected chi connectivity index (χ2v) is 0.890. The predicted molar refractivity (Wildman–Crippen MR) is 20.4 cm³/mol. The van der Waals surface area contributed by atoms with Crippen molar-refractivity contribution < 1.29 is 15.1 Å². The molecule has 0 amide bonds. The molecule has 0 aromatic carbocycles. The molecule has 0 fully saturated rings. The van der Waals surface area contributed by atoms with E-state index in [1.165, 1.54) is 0 Å². The van der Waals surface area contributed by atoms with E-state index in [1.807, 2.05) is 0 Å². The lowest BCUT2D eigenvalue weighted by Gasteiger charge is -1.85. The molecule has 0 atom stereocenters. The van der Waals surface area contributed by atoms with Gasteiger partial charge in [-0.1, -0.05) is 0 Å². The predicted octanol–water partition coefficient (Wildman–Crippen LogP) is -0.247. The minimum absolute atomic E-state index is 0.243. The minimum atomic E-state index is -0.573. The van der Waals surface area contributed by atoms with Crippen molar-refractivity contribution in [1.82, 2.24) is 0 Å². The third kappa shape index (κ3) is 5.32. The number of rotatable bonds is 3. The Morgan fingerprint density at radius 1 is 1.86 bits per heavy atom. The van der Waals surface area contributed by atoms with Crippen LogP contribution >= 0.6 is 0 Å². The molecule has 0 bridgehead atoms. The average molecular weight is 107 g/mol. The fourth-order valence-corrected chi connectivity index (χ4v) is 0.115. The highest BCUT2D eigenvalue weighted by molar-refractivity contribution is 4.18. The van der Waals surface area contributed by atoms with E-state index in [0.29, 0.717) is 0 Å². The maximum atomic E-state index is 9.37. The van der Waals surface area contributed by atoms with Crippen LogP contribution in [0.1, 0.15) is 0 Å². The molecule has 0 aliphatic carbocycles. The van der Waals surface area contributed by atoms with Crippen LogP contribution in [0.15, 0.2) is 0 Å². The maximum Gasteiger partial charge on any atom is 0.230 e. The topological polar surface area (TPSA) is 72.6 Å². The van der Waals surface area contributed by atoms with Crippen LogP contribution < -0.4 is 0 Å². The van der Waals surface area contributed by atoms with Crippen LogP contribution in [0.3, 0.4) is 0 Å². The normalized spacial score (nSPS) is 8.71. The van der Waals surface area contributed by atoms with E-state index in [2.05, 4.69) is 4.89 Å². The van der Waals surface area contributed by atoms with Crippen molar-refractivity contribution in [3.05, 3.63) is 10.1 Å². The van der Waals surface area contributed by atoms with Crippen molar-refractivity contribution in [2.75, 3.05) is 13.2 Å². The average Bonchev–Trinajstić information content (AvgIpc) is 1.61. The third-order valence-corrected chi connectivity index (χ3v) is 0.365. The van der Waals surface area contributed by atoms with Crippen LogP contribution in [-0.4, -0.2) is 23.3 Å². The van der Waals surface area contributed by atoms with E-state index in [-0.39, 0.29) is 13.2 Å². The fourth-order valence-electron chi connectivity index (χ4n) is 0.115. The van der Waals surface area contributed by atoms with Gasteiger partial charge in [-0.3, -0.25) is 15.4 Å². The van der Waals surface area contributed by atoms with Gasteiger partial charge in [0.25, 0.3) is 0 Å². The second-order valence-electron chi connectivity index (χ2n) is 0.890. The van der Waals surface area contributed by atoms with E-state index in [4.69, 9.17) is 5.26 Å². The summed E-state index contributed by atoms with van der Waals surface area (Å²) in [6.07, 6.45) is 0. The highest BCUT2D eigenvalue weighted by Crippen LogP contribution is 1.67. The van der Waals surface area contributed by atoms with E-state index < -0.39 is 4.92 Å². The van der Waals surface area contributed by atoms with Gasteiger partial charge >= 0.3 is 0 Å². The van der Waals surface area contributed by atoms with Gasteiger partial charge < -0.3 is 0 Å². The molecule has 0 radical (unpaired) electrons. The van der Waals surface area contributed by atoms with Gasteiger partial charge in [-0.2, -0.15) is 0 Å². The number of nitrogens with zero attached hydrogens (tertiary/aromatic N) is 1. The van der Waals surface area contributed by atoms with Gasteiger partial charge in [0.2, 0.25) is 6.54 Å². The van der Waals surface area contributed by atoms with E-state index >= 15 is 0 Å². The van der Waals surface area contributed by atoms with Crippen LogP contribution in [0.4, 0.5) is 0 Å². The van der Waals surface area contributed by atoms with Gasteiger partial charge in [0.15, 0.2) is 0 Å². The summed E-state index contributed by atoms with van der Waals surface area (Å²) in [5.41, 5.74) is 0. The molecule has 0 aromatic rings. The highest BCUT2D eigenvalue weighted by atomic mass is 17.1. The molecule has 0 saturated heterocycles. The van der Waals surface area contributed by atoms with E-state index in [0.717, 1.165) is 0 Å². The Balaban J connectivity index is 2.82. The fraction of sp³-hybridized carbons (Fsp3) is 1.00. The Labute approximate surface area is 39.6 Å². The molecule has 42 valence electrons. The molecule has 0 aliphatic rings. The van der Waals surface area contributed by atoms with Gasteiger partial charge in [-0.25, -0.2) is 4.89 Å². The van der Waals surface area contributed by atoms with Gasteiger partial charge in [0.05, 0.1) is 0 Å². The van der Waals surface area contributed by atoms with Gasteiger partial charge in [-0.05, 0) is 0 Å². The van der Waals surface area contributed by atoms with Crippen molar-refractivity contribution in [3.8, 4) is 0 Å². The summed E-state index contributed by atoms with van der Waals surface area (Å²) in [5, 5.41) is 16.9. The van der Waals surface area contributed by atoms with Crippen LogP contribution in [0, 0.1) is 10.1 Å². The summed E-state index contributed by atoms with van der Waals surface area (Å²) >= 11 is 0. The SMILES string of the molecule is O=[N+]([O-])CCOO. The van der Waals surface area contributed by atoms with Crippen LogP contribution in [0.25, 0.3) is 0 Å². The Hall–Kier alpha value is -0.680. The first-order valence-electron chi connectivity index (χ1n) is 1.65. The molecular formula is C2H5NO4. The van der Waals surface area contributed by atoms with E-state index in [9.17, 15) is 10.1 Å². The molecule has 0 unspecified atom stereocenters. The summed E-state index contributed by atoms with van der Waals surface area (Å²) in [6, 6.07) is 0. The largest absolute Gasteiger partial charge is 0.264 e. The number of nitro groups is 1. The van der Waals surface area contributed by atoms with Crippen molar-refractivity contribution >= 4 is 0 Å². The van der Waals surface area contributed by atoms with Crippen LogP contribution in [0.5, 0.6) is 0 Å². The zero-order chi connectivity index (χ0) is 5.70. The lowest BCUT2D eigenvalue weighted by atomic mass is 10.7. The molecule has 0 saturated carbocycles. The summed E-state index contributed by atoms with van der Waals surface area (Å²) in [4.78, 5) is 12.2. The third-order valence-electron chi connectivity index (χ3n) is 0.365. The number of hydrogen-bond acceptors (Lipinski definition) is 4. The van der Waals surface area contributed by atoms with Crippen molar-refractivity contribution in [2.24, 2.45) is 0 Å². The Morgan fingerprint density at radius 3 is 2.57 bits per heavy atom. The van der Waals surface area contributed by atoms with E-state index in [1.54, 1.807) is 0 Å². The molecule has 0 rings (SSSR count). The second kappa shape index (κ2) is 3.51. The first-order valence-corrected chi connectivity index (χ1v) is 1.65. The minimum Gasteiger partial charge on any atom is -0.264 e. The lowest BCUT2D eigenvalue weighted by molar-refractivity contribution is -0.491. The molecule has 0 aliphatic heterocycles. The van der Waals surface area contributed by atoms with Crippen LogP contribution in [0.2, 0.25) is 0 Å². The molecule has 0 aromatic heterocycles. The lowest BCUT2D eigenvalue weighted by Crippen LogP contribution is -2.06. The monoisotopic (exact) mass is 107 g/mol. The quantitative estimate of drug-likeness (QED) is 0.306. The molecule has 0 spiro atoms. The molecule has 7 heavy (non-hydrogen) atoms. The Morgan fingerprint density at radius 2 is 2.43 bits per heavy atom. The van der Waals surface area contributed by atoms with Crippen molar-refractivity contribution in [1.29, 1.82) is 0 Å². The van der Waals surface area contributed by atoms with Gasteiger partial charge in [0.1, 0.15) is 6.61 Å². The zero-order valence-corrected chi connectivity index (χ0v) is 3.53. The van der Waals surface area contributed by atoms with Crippen molar-refractivity contribution in [3.63, 3.8) is 0 Å². The van der Waals surface area contributed by atoms with Gasteiger partial charge in [0, 0.05) is 4.92 Å². The smallest absolute Gasteiger partial charge is 0.230 e. The first kappa shape index (κ1) is 6.32. The molecular weight excluding hydrogens is 102 g/mol. The summed E-state index contributed by atoms with van der Waals surface area (Å²) in [6.45, 7) is -0.594.